The molecule has 0 amide bonds. The monoisotopic (exact) mass is 1210 g/mol. The third kappa shape index (κ3) is 6.62. The Morgan fingerprint density at radius 2 is 0.573 bits per heavy atom. The van der Waals surface area contributed by atoms with Crippen LogP contribution in [0.3, 0.4) is 0 Å². The van der Waals surface area contributed by atoms with Crippen LogP contribution < -0.4 is 26.2 Å². The molecule has 0 saturated heterocycles. The first-order valence-electron chi connectivity index (χ1n) is 33.7. The topological polar surface area (TPSA) is 11.4 Å². The minimum Gasteiger partial charge on any atom is -0.311 e. The van der Waals surface area contributed by atoms with E-state index in [9.17, 15) is 0 Å². The highest BCUT2D eigenvalue weighted by Gasteiger charge is 2.54. The number of nitrogens with zero attached hydrogens (tertiary/aromatic N) is 3. The zero-order valence-electron chi connectivity index (χ0n) is 52.3. The molecule has 2 aliphatic heterocycles. The lowest BCUT2D eigenvalue weighted by Crippen LogP contribution is -2.61. The second-order valence-electron chi connectivity index (χ2n) is 26.9. The third-order valence-electron chi connectivity index (χ3n) is 22.6. The molecule has 22 rings (SSSR count). The molecule has 1 aromatic heterocycles. The molecule has 0 bridgehead atoms. The molecular formula is C92H56BN3. The predicted octanol–water partition coefficient (Wildman–Crippen LogP) is 20.9. The molecule has 4 aliphatic carbocycles. The van der Waals surface area contributed by atoms with Crippen molar-refractivity contribution in [2.24, 2.45) is 0 Å². The summed E-state index contributed by atoms with van der Waals surface area (Å²) in [5.74, 6) is 0. The number of aromatic nitrogens is 1. The second kappa shape index (κ2) is 19.2. The molecule has 3 nitrogen and oxygen atoms in total. The van der Waals surface area contributed by atoms with E-state index < -0.39 is 10.8 Å². The van der Waals surface area contributed by atoms with Gasteiger partial charge in [-0.3, -0.25) is 0 Å². The van der Waals surface area contributed by atoms with Crippen LogP contribution in [0.4, 0.5) is 34.1 Å². The van der Waals surface area contributed by atoms with Crippen LogP contribution >= 0.6 is 0 Å². The van der Waals surface area contributed by atoms with Crippen LogP contribution in [0, 0.1) is 0 Å². The normalized spacial score (nSPS) is 14.4. The number of para-hydroxylation sites is 2. The number of rotatable bonds is 5. The smallest absolute Gasteiger partial charge is 0.252 e. The summed E-state index contributed by atoms with van der Waals surface area (Å²) in [7, 11) is 0. The molecule has 0 N–H and O–H groups in total. The van der Waals surface area contributed by atoms with Crippen LogP contribution in [0.1, 0.15) is 44.5 Å². The maximum Gasteiger partial charge on any atom is 0.252 e. The molecule has 3 heterocycles. The van der Waals surface area contributed by atoms with Gasteiger partial charge in [0.25, 0.3) is 6.71 Å². The van der Waals surface area contributed by atoms with Crippen molar-refractivity contribution < 1.29 is 0 Å². The van der Waals surface area contributed by atoms with E-state index in [2.05, 4.69) is 354 Å². The third-order valence-corrected chi connectivity index (χ3v) is 22.6. The Kier molecular flexibility index (Phi) is 10.5. The van der Waals surface area contributed by atoms with Crippen molar-refractivity contribution in [3.05, 3.63) is 384 Å². The van der Waals surface area contributed by atoms with Crippen LogP contribution in [-0.2, 0) is 10.8 Å². The average Bonchev–Trinajstić information content (AvgIpc) is 1.47. The van der Waals surface area contributed by atoms with Crippen LogP contribution in [-0.4, -0.2) is 11.3 Å². The Balaban J connectivity index is 0.865. The Bertz CT molecular complexity index is 5910. The highest BCUT2D eigenvalue weighted by atomic mass is 15.2. The van der Waals surface area contributed by atoms with E-state index in [1.807, 2.05) is 0 Å². The summed E-state index contributed by atoms with van der Waals surface area (Å²) in [6.07, 6.45) is 0. The quantitative estimate of drug-likeness (QED) is 0.159. The molecule has 16 aromatic rings. The van der Waals surface area contributed by atoms with Crippen molar-refractivity contribution >= 4 is 79.0 Å². The molecule has 0 fully saturated rings. The van der Waals surface area contributed by atoms with Gasteiger partial charge in [0.15, 0.2) is 0 Å². The van der Waals surface area contributed by atoms with Crippen molar-refractivity contribution in [1.29, 1.82) is 0 Å². The molecule has 4 heteroatoms. The lowest BCUT2D eigenvalue weighted by Gasteiger charge is -2.45. The van der Waals surface area contributed by atoms with E-state index in [4.69, 9.17) is 0 Å². The fraction of sp³-hybridized carbons (Fsp3) is 0.0217. The molecule has 15 aromatic carbocycles. The Morgan fingerprint density at radius 1 is 0.219 bits per heavy atom. The largest absolute Gasteiger partial charge is 0.311 e. The molecular weight excluding hydrogens is 1160 g/mol. The van der Waals surface area contributed by atoms with Crippen LogP contribution in [0.5, 0.6) is 0 Å². The maximum atomic E-state index is 2.66. The second-order valence-corrected chi connectivity index (χ2v) is 26.9. The zero-order valence-corrected chi connectivity index (χ0v) is 52.3. The first-order chi connectivity index (χ1) is 47.6. The summed E-state index contributed by atoms with van der Waals surface area (Å²) in [4.78, 5) is 5.30. The minimum absolute atomic E-state index is 0.185. The fourth-order valence-electron chi connectivity index (χ4n) is 18.9. The van der Waals surface area contributed by atoms with Crippen molar-refractivity contribution in [1.82, 2.24) is 4.57 Å². The van der Waals surface area contributed by atoms with Crippen molar-refractivity contribution in [2.75, 3.05) is 9.80 Å². The number of hydrogen-bond acceptors (Lipinski definition) is 2. The highest BCUT2D eigenvalue weighted by Crippen LogP contribution is 2.66. The number of anilines is 6. The highest BCUT2D eigenvalue weighted by molar-refractivity contribution is 7.00. The summed E-state index contributed by atoms with van der Waals surface area (Å²) in [5, 5.41) is 2.45. The Hall–Kier alpha value is -12.2. The first-order valence-corrected chi connectivity index (χ1v) is 33.7. The van der Waals surface area contributed by atoms with Gasteiger partial charge in [-0.25, -0.2) is 0 Å². The molecule has 0 saturated carbocycles. The number of hydrogen-bond donors (Lipinski definition) is 0. The zero-order chi connectivity index (χ0) is 62.5. The predicted molar refractivity (Wildman–Crippen MR) is 398 cm³/mol. The summed E-state index contributed by atoms with van der Waals surface area (Å²) >= 11 is 0. The van der Waals surface area contributed by atoms with Gasteiger partial charge in [0.05, 0.1) is 27.6 Å². The van der Waals surface area contributed by atoms with Gasteiger partial charge in [-0.05, 0) is 188 Å². The summed E-state index contributed by atoms with van der Waals surface area (Å²) in [6, 6.07) is 130. The Labute approximate surface area is 557 Å². The van der Waals surface area contributed by atoms with Crippen LogP contribution in [0.25, 0.3) is 94.3 Å². The molecule has 0 atom stereocenters. The van der Waals surface area contributed by atoms with E-state index >= 15 is 0 Å². The molecule has 442 valence electrons. The van der Waals surface area contributed by atoms with Gasteiger partial charge >= 0.3 is 0 Å². The van der Waals surface area contributed by atoms with E-state index in [1.54, 1.807) is 0 Å². The van der Waals surface area contributed by atoms with Gasteiger partial charge in [0.1, 0.15) is 0 Å². The first kappa shape index (κ1) is 52.3. The fourth-order valence-corrected chi connectivity index (χ4v) is 18.9. The van der Waals surface area contributed by atoms with Crippen LogP contribution in [0.2, 0.25) is 0 Å². The van der Waals surface area contributed by atoms with E-state index in [-0.39, 0.29) is 6.71 Å². The van der Waals surface area contributed by atoms with E-state index in [1.165, 1.54) is 149 Å². The van der Waals surface area contributed by atoms with Crippen molar-refractivity contribution in [3.8, 4) is 72.4 Å². The van der Waals surface area contributed by atoms with Crippen LogP contribution in [0.15, 0.2) is 340 Å². The SMILES string of the molecule is c1ccc(-c2ccc3c(c2)B2c4cc(-c5ccccc5)ccc4N(c4ccc5c(c4)C4(c6ccccc6-c6ccccc64)c4ccccc4-5)c4cc(-n5c6ccccc6c6ccccc65)cc(c42)N3c2ccc3c(c2)-c2ccccc2C32c3ccccc3-c3ccccc32)cc1. The van der Waals surface area contributed by atoms with Crippen molar-refractivity contribution in [2.45, 2.75) is 10.8 Å². The standard InChI is InChI=1S/C92H56BN3/c1-3-23-57(24-4-1)59-43-49-86-82(51-59)93-83-52-60(58-25-5-2-6-26-58)44-50-87(83)95(62-45-47-70-68-31-11-19-39-78(68)92(81(70)54-62)76-37-17-9-29-66(76)67-30-10-18-38-77(67)92)89-56-63(96-84-41-21-13-33-71(84)72-34-14-22-42-85(72)96)55-88(90(89)93)94(86)61-46-48-80-73(53-61)69-32-12-20-40-79(69)91(80)74-35-15-7-27-64(74)65-28-8-16-36-75(65)91/h1-56H. The van der Waals surface area contributed by atoms with Gasteiger partial charge in [0, 0.05) is 44.9 Å². The van der Waals surface area contributed by atoms with Crippen molar-refractivity contribution in [3.63, 3.8) is 0 Å². The van der Waals surface area contributed by atoms with Gasteiger partial charge < -0.3 is 14.4 Å². The summed E-state index contributed by atoms with van der Waals surface area (Å²) in [5.41, 5.74) is 38.7. The molecule has 0 unspecified atom stereocenters. The molecule has 6 aliphatic rings. The number of fused-ring (bicyclic) bond motifs is 27. The minimum atomic E-state index is -0.547. The van der Waals surface area contributed by atoms with Gasteiger partial charge in [0.2, 0.25) is 0 Å². The average molecular weight is 1210 g/mol. The van der Waals surface area contributed by atoms with Gasteiger partial charge in [-0.1, -0.05) is 279 Å². The Morgan fingerprint density at radius 3 is 1.03 bits per heavy atom. The summed E-state index contributed by atoms with van der Waals surface area (Å²) in [6.45, 7) is -0.185. The van der Waals surface area contributed by atoms with E-state index in [0.29, 0.717) is 0 Å². The maximum absolute atomic E-state index is 2.66. The lowest BCUT2D eigenvalue weighted by molar-refractivity contribution is 0.793. The van der Waals surface area contributed by atoms with Gasteiger partial charge in [-0.2, -0.15) is 0 Å². The van der Waals surface area contributed by atoms with E-state index in [0.717, 1.165) is 39.8 Å². The van der Waals surface area contributed by atoms with Gasteiger partial charge in [-0.15, -0.1) is 0 Å². The molecule has 2 spiro atoms. The molecule has 96 heavy (non-hydrogen) atoms. The lowest BCUT2D eigenvalue weighted by atomic mass is 9.33. The molecule has 0 radical (unpaired) electrons. The number of benzene rings is 15. The summed E-state index contributed by atoms with van der Waals surface area (Å²) < 4.78 is 2.53.